The fourth-order valence-electron chi connectivity index (χ4n) is 1.68. The van der Waals surface area contributed by atoms with Gasteiger partial charge in [-0.2, -0.15) is 4.99 Å². The van der Waals surface area contributed by atoms with E-state index in [0.29, 0.717) is 4.80 Å². The molecule has 0 aliphatic carbocycles. The van der Waals surface area contributed by atoms with Crippen LogP contribution >= 0.6 is 11.3 Å². The smallest absolute Gasteiger partial charge is 0.249 e. The number of benzene rings is 1. The predicted molar refractivity (Wildman–Crippen MR) is 90.9 cm³/mol. The average Bonchev–Trinajstić information content (AvgIpc) is 2.91. The van der Waals surface area contributed by atoms with Crippen LogP contribution in [0.4, 0.5) is 0 Å². The lowest BCUT2D eigenvalue weighted by Crippen LogP contribution is -2.24. The van der Waals surface area contributed by atoms with Gasteiger partial charge in [0.15, 0.2) is 4.80 Å². The van der Waals surface area contributed by atoms with Gasteiger partial charge in [0.25, 0.3) is 0 Å². The standard InChI is InChI=1S/C15H17N3O3S2/c1-18-10-11-22-15(18)17-14(19)7-9-16-23(20,21)12-8-13-5-3-2-4-6-13/h2-6,8,10-12,16H,7,9H2,1H3/b12-8+,17-15?. The van der Waals surface area contributed by atoms with Crippen molar-refractivity contribution in [3.05, 3.63) is 57.7 Å². The summed E-state index contributed by atoms with van der Waals surface area (Å²) < 4.78 is 27.7. The molecule has 0 spiro atoms. The maximum atomic E-state index is 11.8. The monoisotopic (exact) mass is 351 g/mol. The number of sulfonamides is 1. The quantitative estimate of drug-likeness (QED) is 0.856. The number of nitrogens with one attached hydrogen (secondary N) is 1. The number of rotatable bonds is 6. The highest BCUT2D eigenvalue weighted by atomic mass is 32.2. The van der Waals surface area contributed by atoms with Gasteiger partial charge in [-0.25, -0.2) is 13.1 Å². The molecule has 0 radical (unpaired) electrons. The van der Waals surface area contributed by atoms with Crippen molar-refractivity contribution in [3.63, 3.8) is 0 Å². The van der Waals surface area contributed by atoms with E-state index in [9.17, 15) is 13.2 Å². The highest BCUT2D eigenvalue weighted by molar-refractivity contribution is 7.92. The number of amides is 1. The Kier molecular flexibility index (Phi) is 6.03. The third kappa shape index (κ3) is 5.93. The molecule has 122 valence electrons. The Balaban J connectivity index is 1.87. The first-order valence-electron chi connectivity index (χ1n) is 6.87. The molecule has 2 aromatic rings. The SMILES string of the molecule is Cn1ccsc1=NC(=O)CCNS(=O)(=O)/C=C/c1ccccc1. The van der Waals surface area contributed by atoms with E-state index in [1.807, 2.05) is 23.6 Å². The molecule has 0 unspecified atom stereocenters. The number of thiazole rings is 1. The van der Waals surface area contributed by atoms with Crippen LogP contribution in [-0.4, -0.2) is 25.4 Å². The molecular weight excluding hydrogens is 334 g/mol. The number of nitrogens with zero attached hydrogens (tertiary/aromatic N) is 2. The number of aryl methyl sites for hydroxylation is 1. The van der Waals surface area contributed by atoms with E-state index in [1.54, 1.807) is 29.9 Å². The lowest BCUT2D eigenvalue weighted by molar-refractivity contribution is -0.117. The number of aromatic nitrogens is 1. The van der Waals surface area contributed by atoms with Gasteiger partial charge in [0.1, 0.15) is 0 Å². The first-order chi connectivity index (χ1) is 11.0. The third-order valence-electron chi connectivity index (χ3n) is 2.86. The summed E-state index contributed by atoms with van der Waals surface area (Å²) in [6.07, 6.45) is 3.31. The predicted octanol–water partition coefficient (Wildman–Crippen LogP) is 1.49. The van der Waals surface area contributed by atoms with Crippen molar-refractivity contribution in [2.75, 3.05) is 6.54 Å². The molecule has 0 bridgehead atoms. The molecule has 1 aromatic carbocycles. The van der Waals surface area contributed by atoms with Gasteiger partial charge in [-0.15, -0.1) is 11.3 Å². The van der Waals surface area contributed by atoms with Crippen LogP contribution in [-0.2, 0) is 21.9 Å². The molecule has 1 heterocycles. The number of hydrogen-bond donors (Lipinski definition) is 1. The van der Waals surface area contributed by atoms with E-state index in [2.05, 4.69) is 9.71 Å². The Morgan fingerprint density at radius 3 is 2.74 bits per heavy atom. The van der Waals surface area contributed by atoms with Crippen LogP contribution < -0.4 is 9.52 Å². The van der Waals surface area contributed by atoms with E-state index >= 15 is 0 Å². The van der Waals surface area contributed by atoms with Crippen LogP contribution in [0.2, 0.25) is 0 Å². The molecule has 6 nitrogen and oxygen atoms in total. The Labute approximate surface area is 138 Å². The zero-order valence-electron chi connectivity index (χ0n) is 12.5. The molecule has 8 heteroatoms. The van der Waals surface area contributed by atoms with Crippen LogP contribution in [0.1, 0.15) is 12.0 Å². The zero-order valence-corrected chi connectivity index (χ0v) is 14.2. The van der Waals surface area contributed by atoms with Crippen molar-refractivity contribution in [2.45, 2.75) is 6.42 Å². The maximum Gasteiger partial charge on any atom is 0.249 e. The molecule has 0 fully saturated rings. The third-order valence-corrected chi connectivity index (χ3v) is 4.81. The summed E-state index contributed by atoms with van der Waals surface area (Å²) in [5.74, 6) is -0.363. The number of hydrogen-bond acceptors (Lipinski definition) is 4. The Bertz CT molecular complexity index is 849. The summed E-state index contributed by atoms with van der Waals surface area (Å²) in [4.78, 5) is 16.2. The second-order valence-corrected chi connectivity index (χ2v) is 7.23. The molecular formula is C15H17N3O3S2. The topological polar surface area (TPSA) is 80.5 Å². The number of carbonyl (C=O) groups excluding carboxylic acids is 1. The van der Waals surface area contributed by atoms with Gasteiger partial charge in [-0.3, -0.25) is 4.79 Å². The van der Waals surface area contributed by atoms with Gasteiger partial charge >= 0.3 is 0 Å². The van der Waals surface area contributed by atoms with Gasteiger partial charge < -0.3 is 4.57 Å². The van der Waals surface area contributed by atoms with Crippen molar-refractivity contribution >= 4 is 33.3 Å². The molecule has 1 N–H and O–H groups in total. The van der Waals surface area contributed by atoms with Crippen LogP contribution in [0.3, 0.4) is 0 Å². The minimum Gasteiger partial charge on any atom is -0.327 e. The van der Waals surface area contributed by atoms with E-state index in [4.69, 9.17) is 0 Å². The molecule has 0 aliphatic rings. The van der Waals surface area contributed by atoms with Gasteiger partial charge in [0.05, 0.1) is 0 Å². The highest BCUT2D eigenvalue weighted by Crippen LogP contribution is 2.02. The molecule has 2 rings (SSSR count). The minimum absolute atomic E-state index is 0.0102. The Morgan fingerprint density at radius 2 is 2.09 bits per heavy atom. The highest BCUT2D eigenvalue weighted by Gasteiger charge is 2.06. The van der Waals surface area contributed by atoms with Gasteiger partial charge in [-0.05, 0) is 11.6 Å². The van der Waals surface area contributed by atoms with Crippen LogP contribution in [0.5, 0.6) is 0 Å². The minimum atomic E-state index is -3.57. The van der Waals surface area contributed by atoms with Crippen LogP contribution in [0.15, 0.2) is 52.3 Å². The summed E-state index contributed by atoms with van der Waals surface area (Å²) >= 11 is 1.35. The first kappa shape index (κ1) is 17.3. The fourth-order valence-corrected chi connectivity index (χ4v) is 3.24. The normalized spacial score (nSPS) is 12.8. The van der Waals surface area contributed by atoms with E-state index in [-0.39, 0.29) is 18.9 Å². The summed E-state index contributed by atoms with van der Waals surface area (Å²) in [7, 11) is -1.78. The van der Waals surface area contributed by atoms with Crippen LogP contribution in [0.25, 0.3) is 6.08 Å². The molecule has 1 aromatic heterocycles. The zero-order chi connectivity index (χ0) is 16.7. The number of carbonyl (C=O) groups is 1. The summed E-state index contributed by atoms with van der Waals surface area (Å²) in [6, 6.07) is 9.10. The fraction of sp³-hybridized carbons (Fsp3) is 0.200. The Hall–Kier alpha value is -2.03. The molecule has 0 atom stereocenters. The van der Waals surface area contributed by atoms with Crippen molar-refractivity contribution in [1.82, 2.24) is 9.29 Å². The molecule has 0 aliphatic heterocycles. The maximum absolute atomic E-state index is 11.8. The molecule has 0 saturated carbocycles. The Morgan fingerprint density at radius 1 is 1.35 bits per heavy atom. The molecule has 23 heavy (non-hydrogen) atoms. The lowest BCUT2D eigenvalue weighted by atomic mass is 10.2. The second kappa shape index (κ2) is 8.00. The van der Waals surface area contributed by atoms with Crippen molar-refractivity contribution in [3.8, 4) is 0 Å². The molecule has 0 saturated heterocycles. The summed E-state index contributed by atoms with van der Waals surface area (Å²) in [5.41, 5.74) is 0.786. The van der Waals surface area contributed by atoms with Gasteiger partial charge in [0, 0.05) is 37.0 Å². The summed E-state index contributed by atoms with van der Waals surface area (Å²) in [5, 5.41) is 2.91. The molecule has 1 amide bonds. The van der Waals surface area contributed by atoms with E-state index in [0.717, 1.165) is 11.0 Å². The summed E-state index contributed by atoms with van der Waals surface area (Å²) in [6.45, 7) is 0.0128. The van der Waals surface area contributed by atoms with Crippen molar-refractivity contribution < 1.29 is 13.2 Å². The van der Waals surface area contributed by atoms with Gasteiger partial charge in [0.2, 0.25) is 15.9 Å². The van der Waals surface area contributed by atoms with Crippen molar-refractivity contribution in [1.29, 1.82) is 0 Å². The van der Waals surface area contributed by atoms with E-state index < -0.39 is 10.0 Å². The van der Waals surface area contributed by atoms with Gasteiger partial charge in [-0.1, -0.05) is 30.3 Å². The second-order valence-electron chi connectivity index (χ2n) is 4.70. The van der Waals surface area contributed by atoms with Crippen LogP contribution in [0, 0.1) is 0 Å². The lowest BCUT2D eigenvalue weighted by Gasteiger charge is -2.00. The van der Waals surface area contributed by atoms with Crippen molar-refractivity contribution in [2.24, 2.45) is 12.0 Å². The van der Waals surface area contributed by atoms with E-state index in [1.165, 1.54) is 17.4 Å². The largest absolute Gasteiger partial charge is 0.327 e. The first-order valence-corrected chi connectivity index (χ1v) is 9.29. The average molecular weight is 351 g/mol.